The number of fused-ring (bicyclic) bond motifs is 1. The number of hydrogen-bond donors (Lipinski definition) is 2. The van der Waals surface area contributed by atoms with Crippen LogP contribution in [-0.2, 0) is 24.4 Å². The number of ether oxygens (including phenoxy) is 1. The molecule has 4 aromatic rings. The average Bonchev–Trinajstić information content (AvgIpc) is 3.32. The molecule has 0 saturated heterocycles. The van der Waals surface area contributed by atoms with Gasteiger partial charge >= 0.3 is 5.97 Å². The van der Waals surface area contributed by atoms with E-state index < -0.39 is 11.8 Å². The summed E-state index contributed by atoms with van der Waals surface area (Å²) in [6, 6.07) is 12.4. The van der Waals surface area contributed by atoms with Crippen LogP contribution in [0.1, 0.15) is 61.2 Å². The summed E-state index contributed by atoms with van der Waals surface area (Å²) in [6.07, 6.45) is 5.68. The van der Waals surface area contributed by atoms with Gasteiger partial charge in [-0.2, -0.15) is 0 Å². The van der Waals surface area contributed by atoms with Gasteiger partial charge < -0.3 is 20.0 Å². The fourth-order valence-corrected chi connectivity index (χ4v) is 5.03. The maximum atomic E-state index is 15.4. The van der Waals surface area contributed by atoms with E-state index in [4.69, 9.17) is 19.9 Å². The minimum atomic E-state index is -0.934. The smallest absolute Gasteiger partial charge is 0.307 e. The second-order valence-electron chi connectivity index (χ2n) is 9.79. The fraction of sp³-hybridized carbons (Fsp3) is 0.345. The zero-order valence-electron chi connectivity index (χ0n) is 20.7. The third-order valence-electron chi connectivity index (χ3n) is 7.09. The first kappa shape index (κ1) is 24.9. The van der Waals surface area contributed by atoms with E-state index in [0.29, 0.717) is 45.3 Å². The van der Waals surface area contributed by atoms with Crippen LogP contribution in [0.4, 0.5) is 4.39 Å². The van der Waals surface area contributed by atoms with Gasteiger partial charge in [0.2, 0.25) is 0 Å². The number of rotatable bonds is 8. The Labute approximate surface area is 214 Å². The number of carbonyl (C=O) groups is 1. The molecule has 1 aliphatic rings. The highest BCUT2D eigenvalue weighted by Gasteiger charge is 2.26. The van der Waals surface area contributed by atoms with Crippen molar-refractivity contribution in [1.29, 1.82) is 0 Å². The first-order valence-electron chi connectivity index (χ1n) is 12.6. The predicted octanol–water partition coefficient (Wildman–Crippen LogP) is 5.99. The number of oxazole rings is 1. The molecule has 3 N–H and O–H groups in total. The van der Waals surface area contributed by atoms with Gasteiger partial charge in [-0.15, -0.1) is 0 Å². The van der Waals surface area contributed by atoms with E-state index in [0.717, 1.165) is 31.2 Å². The van der Waals surface area contributed by atoms with Crippen molar-refractivity contribution in [3.63, 3.8) is 0 Å². The quantitative estimate of drug-likeness (QED) is 0.304. The van der Waals surface area contributed by atoms with Crippen molar-refractivity contribution in [2.45, 2.75) is 58.1 Å². The Kier molecular flexibility index (Phi) is 7.19. The van der Waals surface area contributed by atoms with E-state index in [9.17, 15) is 9.90 Å². The molecule has 0 spiro atoms. The van der Waals surface area contributed by atoms with Gasteiger partial charge in [-0.05, 0) is 61.4 Å². The summed E-state index contributed by atoms with van der Waals surface area (Å²) in [6.45, 7) is 2.40. The maximum Gasteiger partial charge on any atom is 0.307 e. The van der Waals surface area contributed by atoms with Crippen molar-refractivity contribution in [2.75, 3.05) is 0 Å². The molecular formula is C29H30FN3O4. The van der Waals surface area contributed by atoms with Gasteiger partial charge in [-0.25, -0.2) is 9.37 Å². The van der Waals surface area contributed by atoms with Gasteiger partial charge in [0.15, 0.2) is 17.3 Å². The number of nitrogens with zero attached hydrogens (tertiary/aromatic N) is 2. The number of benzene rings is 2. The molecule has 2 heterocycles. The molecule has 0 amide bonds. The van der Waals surface area contributed by atoms with Crippen LogP contribution < -0.4 is 10.5 Å². The Hall–Kier alpha value is -3.78. The number of pyridine rings is 1. The van der Waals surface area contributed by atoms with Crippen LogP contribution in [0.25, 0.3) is 22.2 Å². The molecule has 192 valence electrons. The molecule has 1 aliphatic carbocycles. The molecule has 1 saturated carbocycles. The van der Waals surface area contributed by atoms with Crippen LogP contribution in [0.5, 0.6) is 5.75 Å². The zero-order chi connectivity index (χ0) is 25.9. The van der Waals surface area contributed by atoms with Gasteiger partial charge in [0.25, 0.3) is 0 Å². The molecule has 7 nitrogen and oxygen atoms in total. The standard InChI is InChI=1S/C29H30FN3O4/c1-17-6-8-19(9-7-17)29-33-23-13-18(16-36-25-5-3-2-4-20(25)14-26(34)35)12-22(28(23)37-29)21-10-11-32-24(15-31)27(21)30/h2-5,10-13,17,19H,6-9,14-16,31H2,1H3,(H,34,35). The lowest BCUT2D eigenvalue weighted by Crippen LogP contribution is -2.10. The summed E-state index contributed by atoms with van der Waals surface area (Å²) in [4.78, 5) is 20.1. The van der Waals surface area contributed by atoms with E-state index in [-0.39, 0.29) is 31.2 Å². The summed E-state index contributed by atoms with van der Waals surface area (Å²) < 4.78 is 27.7. The number of hydrogen-bond acceptors (Lipinski definition) is 6. The normalized spacial score (nSPS) is 17.7. The molecule has 0 unspecified atom stereocenters. The van der Waals surface area contributed by atoms with E-state index in [2.05, 4.69) is 11.9 Å². The second kappa shape index (κ2) is 10.7. The lowest BCUT2D eigenvalue weighted by Gasteiger charge is -2.23. The van der Waals surface area contributed by atoms with Crippen molar-refractivity contribution >= 4 is 17.1 Å². The minimum absolute atomic E-state index is 0.0199. The Morgan fingerprint density at radius 2 is 1.95 bits per heavy atom. The lowest BCUT2D eigenvalue weighted by atomic mass is 9.83. The molecule has 8 heteroatoms. The van der Waals surface area contributed by atoms with Crippen LogP contribution >= 0.6 is 0 Å². The number of carboxylic acid groups (broad SMARTS) is 1. The predicted molar refractivity (Wildman–Crippen MR) is 138 cm³/mol. The third kappa shape index (κ3) is 5.34. The first-order valence-corrected chi connectivity index (χ1v) is 12.6. The summed E-state index contributed by atoms with van der Waals surface area (Å²) in [7, 11) is 0. The summed E-state index contributed by atoms with van der Waals surface area (Å²) >= 11 is 0. The molecule has 0 atom stereocenters. The molecule has 0 aliphatic heterocycles. The highest BCUT2D eigenvalue weighted by molar-refractivity contribution is 5.91. The number of para-hydroxylation sites is 1. The largest absolute Gasteiger partial charge is 0.489 e. The molecule has 1 fully saturated rings. The highest BCUT2D eigenvalue weighted by Crippen LogP contribution is 2.39. The van der Waals surface area contributed by atoms with Crippen molar-refractivity contribution in [3.05, 3.63) is 77.2 Å². The zero-order valence-corrected chi connectivity index (χ0v) is 20.7. The summed E-state index contributed by atoms with van der Waals surface area (Å²) in [5.74, 6) is 0.688. The second-order valence-corrected chi connectivity index (χ2v) is 9.79. The van der Waals surface area contributed by atoms with E-state index in [1.807, 2.05) is 12.1 Å². The Morgan fingerprint density at radius 1 is 1.16 bits per heavy atom. The highest BCUT2D eigenvalue weighted by atomic mass is 19.1. The molecular weight excluding hydrogens is 473 g/mol. The monoisotopic (exact) mass is 503 g/mol. The number of halogens is 1. The molecule has 5 rings (SSSR count). The number of nitrogens with two attached hydrogens (primary N) is 1. The SMILES string of the molecule is CC1CCC(c2nc3cc(COc4ccccc4CC(=O)O)cc(-c4ccnc(CN)c4F)c3o2)CC1. The topological polar surface area (TPSA) is 111 Å². The number of carboxylic acids is 1. The van der Waals surface area contributed by atoms with Gasteiger partial charge in [-0.3, -0.25) is 9.78 Å². The van der Waals surface area contributed by atoms with E-state index in [1.54, 1.807) is 30.3 Å². The molecule has 2 aromatic heterocycles. The number of aromatic nitrogens is 2. The van der Waals surface area contributed by atoms with Gasteiger partial charge in [-0.1, -0.05) is 25.1 Å². The Balaban J connectivity index is 1.54. The van der Waals surface area contributed by atoms with Crippen LogP contribution in [0.2, 0.25) is 0 Å². The molecule has 0 radical (unpaired) electrons. The summed E-state index contributed by atoms with van der Waals surface area (Å²) in [5, 5.41) is 9.23. The minimum Gasteiger partial charge on any atom is -0.489 e. The van der Waals surface area contributed by atoms with Gasteiger partial charge in [0.1, 0.15) is 17.9 Å². The van der Waals surface area contributed by atoms with E-state index >= 15 is 4.39 Å². The average molecular weight is 504 g/mol. The van der Waals surface area contributed by atoms with Crippen LogP contribution in [-0.4, -0.2) is 21.0 Å². The third-order valence-corrected chi connectivity index (χ3v) is 7.09. The van der Waals surface area contributed by atoms with Crippen molar-refractivity contribution in [2.24, 2.45) is 11.7 Å². The number of aliphatic carboxylic acids is 1. The Bertz CT molecular complexity index is 1430. The van der Waals surface area contributed by atoms with Crippen LogP contribution in [0.15, 0.2) is 53.1 Å². The van der Waals surface area contributed by atoms with Crippen molar-refractivity contribution in [3.8, 4) is 16.9 Å². The van der Waals surface area contributed by atoms with E-state index in [1.165, 1.54) is 6.20 Å². The maximum absolute atomic E-state index is 15.4. The van der Waals surface area contributed by atoms with Crippen LogP contribution in [0.3, 0.4) is 0 Å². The fourth-order valence-electron chi connectivity index (χ4n) is 5.03. The lowest BCUT2D eigenvalue weighted by molar-refractivity contribution is -0.136. The molecule has 0 bridgehead atoms. The van der Waals surface area contributed by atoms with Crippen molar-refractivity contribution in [1.82, 2.24) is 9.97 Å². The first-order chi connectivity index (χ1) is 17.9. The summed E-state index contributed by atoms with van der Waals surface area (Å²) in [5.41, 5.74) is 9.29. The van der Waals surface area contributed by atoms with Crippen LogP contribution in [0, 0.1) is 11.7 Å². The molecule has 37 heavy (non-hydrogen) atoms. The van der Waals surface area contributed by atoms with Gasteiger partial charge in [0.05, 0.1) is 12.1 Å². The van der Waals surface area contributed by atoms with Gasteiger partial charge in [0, 0.05) is 35.3 Å². The van der Waals surface area contributed by atoms with Crippen molar-refractivity contribution < 1.29 is 23.4 Å². The molecule has 2 aromatic carbocycles. The Morgan fingerprint density at radius 3 is 2.70 bits per heavy atom.